The molecule has 1 N–H and O–H groups in total. The number of sulfonamides is 1. The van der Waals surface area contributed by atoms with Crippen LogP contribution in [0.15, 0.2) is 53.6 Å². The van der Waals surface area contributed by atoms with Crippen molar-refractivity contribution in [1.29, 1.82) is 0 Å². The monoisotopic (exact) mass is 505 g/mol. The number of pyridine rings is 2. The van der Waals surface area contributed by atoms with E-state index in [9.17, 15) is 17.6 Å². The Morgan fingerprint density at radius 3 is 2.57 bits per heavy atom. The van der Waals surface area contributed by atoms with Crippen molar-refractivity contribution in [1.82, 2.24) is 14.7 Å². The number of rotatable bonds is 10. The van der Waals surface area contributed by atoms with E-state index in [4.69, 9.17) is 9.47 Å². The van der Waals surface area contributed by atoms with Crippen LogP contribution in [0.1, 0.15) is 46.1 Å². The standard InChI is InChI=1S/C25H28FN3O5S.2H2/c1-5-11-33-25-21(24(30)29-35(31,32)23-8-6-7-17(4)27-23)9-10-22(28-25)18-12-19(26)14-20(13-18)34-15-16(2)3;;/h6-10,12-14,16H,5,11,15H2,1-4H3,(H,29,30);2*1H. The number of nitrogens with zero attached hydrogens (tertiary/aromatic N) is 2. The molecule has 2 aromatic heterocycles. The predicted octanol–water partition coefficient (Wildman–Crippen LogP) is 5.03. The molecule has 3 rings (SSSR count). The summed E-state index contributed by atoms with van der Waals surface area (Å²) in [6.07, 6.45) is 0.631. The van der Waals surface area contributed by atoms with Gasteiger partial charge in [-0.1, -0.05) is 26.8 Å². The number of hydrogen-bond donors (Lipinski definition) is 1. The van der Waals surface area contributed by atoms with Gasteiger partial charge >= 0.3 is 0 Å². The van der Waals surface area contributed by atoms with Crippen LogP contribution in [0, 0.1) is 18.7 Å². The number of aryl methyl sites for hydroxylation is 1. The molecule has 1 amide bonds. The molecular weight excluding hydrogens is 473 g/mol. The fourth-order valence-electron chi connectivity index (χ4n) is 3.04. The molecular formula is C25H32FN3O5S. The molecule has 10 heteroatoms. The molecule has 3 aromatic rings. The van der Waals surface area contributed by atoms with E-state index in [2.05, 4.69) is 9.97 Å². The molecule has 1 aromatic carbocycles. The maximum absolute atomic E-state index is 14.2. The zero-order chi connectivity index (χ0) is 25.6. The molecule has 0 radical (unpaired) electrons. The topological polar surface area (TPSA) is 107 Å². The first-order chi connectivity index (χ1) is 16.6. The van der Waals surface area contributed by atoms with Crippen LogP contribution in [0.3, 0.4) is 0 Å². The minimum atomic E-state index is -4.21. The Morgan fingerprint density at radius 2 is 1.89 bits per heavy atom. The minimum Gasteiger partial charge on any atom is -0.493 e. The van der Waals surface area contributed by atoms with Crippen molar-refractivity contribution in [2.45, 2.75) is 39.1 Å². The van der Waals surface area contributed by atoms with Crippen LogP contribution in [0.2, 0.25) is 0 Å². The number of benzene rings is 1. The van der Waals surface area contributed by atoms with Gasteiger partial charge in [-0.25, -0.2) is 19.1 Å². The Balaban J connectivity index is 0.00000342. The van der Waals surface area contributed by atoms with Gasteiger partial charge in [0.2, 0.25) is 5.88 Å². The summed E-state index contributed by atoms with van der Waals surface area (Å²) in [4.78, 5) is 21.2. The highest BCUT2D eigenvalue weighted by Crippen LogP contribution is 2.28. The fourth-order valence-corrected chi connectivity index (χ4v) is 4.02. The van der Waals surface area contributed by atoms with Gasteiger partial charge in [-0.05, 0) is 55.7 Å². The molecule has 0 spiro atoms. The van der Waals surface area contributed by atoms with E-state index in [1.54, 1.807) is 19.1 Å². The van der Waals surface area contributed by atoms with Crippen LogP contribution >= 0.6 is 0 Å². The SMILES string of the molecule is CCCOc1nc(-c2cc(F)cc(OCC(C)C)c2)ccc1C(=O)NS(=O)(=O)c1cccc(C)n1.[HH].[HH]. The number of nitrogens with one attached hydrogen (secondary N) is 1. The van der Waals surface area contributed by atoms with Gasteiger partial charge in [0.15, 0.2) is 5.03 Å². The molecule has 2 heterocycles. The molecule has 0 aliphatic carbocycles. The van der Waals surface area contributed by atoms with E-state index in [-0.39, 0.29) is 31.8 Å². The van der Waals surface area contributed by atoms with E-state index in [1.807, 2.05) is 25.5 Å². The minimum absolute atomic E-state index is 0. The van der Waals surface area contributed by atoms with Crippen LogP contribution in [0.5, 0.6) is 11.6 Å². The molecule has 0 bridgehead atoms. The molecule has 190 valence electrons. The Bertz CT molecular complexity index is 1320. The summed E-state index contributed by atoms with van der Waals surface area (Å²) in [5.74, 6) is -0.873. The number of amides is 1. The van der Waals surface area contributed by atoms with Crippen LogP contribution in [0.25, 0.3) is 11.3 Å². The lowest BCUT2D eigenvalue weighted by Crippen LogP contribution is -2.31. The average Bonchev–Trinajstić information content (AvgIpc) is 2.80. The summed E-state index contributed by atoms with van der Waals surface area (Å²) >= 11 is 0. The average molecular weight is 506 g/mol. The van der Waals surface area contributed by atoms with Gasteiger partial charge in [-0.3, -0.25) is 4.79 Å². The third-order valence-corrected chi connectivity index (χ3v) is 5.90. The molecule has 0 aliphatic rings. The second kappa shape index (κ2) is 11.3. The van der Waals surface area contributed by atoms with Crippen molar-refractivity contribution < 1.29 is 29.9 Å². The number of halogens is 1. The van der Waals surface area contributed by atoms with Gasteiger partial charge in [-0.15, -0.1) is 0 Å². The summed E-state index contributed by atoms with van der Waals surface area (Å²) < 4.78 is 52.8. The molecule has 0 saturated carbocycles. The molecule has 35 heavy (non-hydrogen) atoms. The number of carbonyl (C=O) groups is 1. The molecule has 0 atom stereocenters. The van der Waals surface area contributed by atoms with Gasteiger partial charge in [0.05, 0.1) is 18.9 Å². The number of hydrogen-bond acceptors (Lipinski definition) is 7. The first-order valence-electron chi connectivity index (χ1n) is 11.2. The highest BCUT2D eigenvalue weighted by molar-refractivity contribution is 7.90. The number of carbonyl (C=O) groups excluding carboxylic acids is 1. The summed E-state index contributed by atoms with van der Waals surface area (Å²) in [6, 6.07) is 11.6. The zero-order valence-corrected chi connectivity index (χ0v) is 20.9. The summed E-state index contributed by atoms with van der Waals surface area (Å²) in [6.45, 7) is 8.16. The largest absolute Gasteiger partial charge is 0.493 e. The van der Waals surface area contributed by atoms with Crippen molar-refractivity contribution >= 4 is 15.9 Å². The Hall–Kier alpha value is -3.53. The Kier molecular flexibility index (Phi) is 8.39. The summed E-state index contributed by atoms with van der Waals surface area (Å²) in [5, 5.41) is -0.278. The lowest BCUT2D eigenvalue weighted by Gasteiger charge is -2.13. The summed E-state index contributed by atoms with van der Waals surface area (Å²) in [7, 11) is -4.21. The van der Waals surface area contributed by atoms with Crippen LogP contribution < -0.4 is 14.2 Å². The molecule has 0 aliphatic heterocycles. The lowest BCUT2D eigenvalue weighted by molar-refractivity contribution is 0.0976. The van der Waals surface area contributed by atoms with E-state index >= 15 is 0 Å². The van der Waals surface area contributed by atoms with Gasteiger partial charge < -0.3 is 9.47 Å². The predicted molar refractivity (Wildman–Crippen MR) is 134 cm³/mol. The van der Waals surface area contributed by atoms with Gasteiger partial charge in [0.1, 0.15) is 17.1 Å². The smallest absolute Gasteiger partial charge is 0.281 e. The second-order valence-electron chi connectivity index (χ2n) is 8.33. The number of ether oxygens (including phenoxy) is 2. The first-order valence-corrected chi connectivity index (χ1v) is 12.7. The molecule has 0 unspecified atom stereocenters. The molecule has 0 saturated heterocycles. The van der Waals surface area contributed by atoms with Crippen molar-refractivity contribution in [2.75, 3.05) is 13.2 Å². The van der Waals surface area contributed by atoms with Crippen LogP contribution in [-0.2, 0) is 10.0 Å². The maximum atomic E-state index is 14.2. The molecule has 0 fully saturated rings. The van der Waals surface area contributed by atoms with Gasteiger partial charge in [0.25, 0.3) is 15.9 Å². The Morgan fingerprint density at radius 1 is 1.11 bits per heavy atom. The highest BCUT2D eigenvalue weighted by atomic mass is 32.2. The number of aromatic nitrogens is 2. The van der Waals surface area contributed by atoms with E-state index in [0.717, 1.165) is 0 Å². The van der Waals surface area contributed by atoms with Gasteiger partial charge in [-0.2, -0.15) is 8.42 Å². The second-order valence-corrected chi connectivity index (χ2v) is 9.96. The van der Waals surface area contributed by atoms with Crippen molar-refractivity contribution in [3.63, 3.8) is 0 Å². The summed E-state index contributed by atoms with van der Waals surface area (Å²) in [5.41, 5.74) is 1.18. The first kappa shape index (κ1) is 26.1. The van der Waals surface area contributed by atoms with E-state index in [1.165, 1.54) is 36.4 Å². The molecule has 8 nitrogen and oxygen atoms in total. The highest BCUT2D eigenvalue weighted by Gasteiger charge is 2.24. The maximum Gasteiger partial charge on any atom is 0.281 e. The fraction of sp³-hybridized carbons (Fsp3) is 0.320. The van der Waals surface area contributed by atoms with Crippen LogP contribution in [-0.4, -0.2) is 37.5 Å². The quantitative estimate of drug-likeness (QED) is 0.412. The van der Waals surface area contributed by atoms with E-state index in [0.29, 0.717) is 35.7 Å². The van der Waals surface area contributed by atoms with Crippen molar-refractivity contribution in [2.24, 2.45) is 5.92 Å². The third kappa shape index (κ3) is 6.98. The Labute approximate surface area is 207 Å². The zero-order valence-electron chi connectivity index (χ0n) is 20.0. The van der Waals surface area contributed by atoms with Gasteiger partial charge in [0, 0.05) is 20.2 Å². The lowest BCUT2D eigenvalue weighted by atomic mass is 10.1. The van der Waals surface area contributed by atoms with Crippen molar-refractivity contribution in [3.05, 3.63) is 65.6 Å². The van der Waals surface area contributed by atoms with Crippen LogP contribution in [0.4, 0.5) is 4.39 Å². The normalized spacial score (nSPS) is 11.4. The third-order valence-electron chi connectivity index (χ3n) is 4.66. The van der Waals surface area contributed by atoms with Crippen molar-refractivity contribution in [3.8, 4) is 22.9 Å². The van der Waals surface area contributed by atoms with E-state index < -0.39 is 21.7 Å².